The summed E-state index contributed by atoms with van der Waals surface area (Å²) in [7, 11) is 1.67. The molecule has 0 aromatic heterocycles. The maximum Gasteiger partial charge on any atom is 0.137 e. The SMILES string of the molecule is CCc1cc(OC)c(Cl)cc1CCN1CCNCC1. The Kier molecular flexibility index (Phi) is 5.49. The number of piperazine rings is 1. The molecule has 0 spiro atoms. The molecule has 1 saturated heterocycles. The average Bonchev–Trinajstić information content (AvgIpc) is 2.46. The van der Waals surface area contributed by atoms with Crippen LogP contribution in [0.5, 0.6) is 5.75 Å². The Balaban J connectivity index is 2.04. The molecule has 19 heavy (non-hydrogen) atoms. The molecule has 1 N–H and O–H groups in total. The monoisotopic (exact) mass is 282 g/mol. The fourth-order valence-electron chi connectivity index (χ4n) is 2.57. The quantitative estimate of drug-likeness (QED) is 0.897. The molecule has 0 unspecified atom stereocenters. The third kappa shape index (κ3) is 3.85. The number of hydrogen-bond donors (Lipinski definition) is 1. The molecular formula is C15H23ClN2O. The number of nitrogens with zero attached hydrogens (tertiary/aromatic N) is 1. The molecule has 1 aromatic rings. The van der Waals surface area contributed by atoms with Crippen molar-refractivity contribution in [3.05, 3.63) is 28.3 Å². The lowest BCUT2D eigenvalue weighted by Gasteiger charge is -2.27. The van der Waals surface area contributed by atoms with Gasteiger partial charge >= 0.3 is 0 Å². The molecule has 0 bridgehead atoms. The summed E-state index contributed by atoms with van der Waals surface area (Å²) in [6.07, 6.45) is 2.08. The van der Waals surface area contributed by atoms with E-state index in [0.29, 0.717) is 0 Å². The Morgan fingerprint density at radius 3 is 2.63 bits per heavy atom. The van der Waals surface area contributed by atoms with E-state index in [2.05, 4.69) is 29.3 Å². The Morgan fingerprint density at radius 1 is 1.26 bits per heavy atom. The van der Waals surface area contributed by atoms with Gasteiger partial charge in [-0.3, -0.25) is 0 Å². The third-order valence-corrected chi connectivity index (χ3v) is 4.06. The Labute approximate surface area is 120 Å². The summed E-state index contributed by atoms with van der Waals surface area (Å²) in [6.45, 7) is 7.78. The number of hydrogen-bond acceptors (Lipinski definition) is 3. The van der Waals surface area contributed by atoms with Crippen molar-refractivity contribution >= 4 is 11.6 Å². The fraction of sp³-hybridized carbons (Fsp3) is 0.600. The summed E-state index contributed by atoms with van der Waals surface area (Å²) in [6, 6.07) is 4.15. The molecule has 0 saturated carbocycles. The lowest BCUT2D eigenvalue weighted by Crippen LogP contribution is -2.44. The highest BCUT2D eigenvalue weighted by Gasteiger charge is 2.12. The van der Waals surface area contributed by atoms with Gasteiger partial charge in [0.2, 0.25) is 0 Å². The van der Waals surface area contributed by atoms with Crippen molar-refractivity contribution < 1.29 is 4.74 Å². The van der Waals surface area contributed by atoms with Gasteiger partial charge in [-0.1, -0.05) is 18.5 Å². The van der Waals surface area contributed by atoms with Crippen LogP contribution in [0.3, 0.4) is 0 Å². The predicted octanol–water partition coefficient (Wildman–Crippen LogP) is 2.36. The van der Waals surface area contributed by atoms with Gasteiger partial charge in [0.25, 0.3) is 0 Å². The van der Waals surface area contributed by atoms with Crippen molar-refractivity contribution in [3.8, 4) is 5.75 Å². The molecule has 1 aromatic carbocycles. The molecule has 106 valence electrons. The minimum absolute atomic E-state index is 0.718. The van der Waals surface area contributed by atoms with Gasteiger partial charge in [0.05, 0.1) is 12.1 Å². The topological polar surface area (TPSA) is 24.5 Å². The van der Waals surface area contributed by atoms with Crippen molar-refractivity contribution in [3.63, 3.8) is 0 Å². The number of methoxy groups -OCH3 is 1. The average molecular weight is 283 g/mol. The summed E-state index contributed by atoms with van der Waals surface area (Å²) in [5, 5.41) is 4.10. The van der Waals surface area contributed by atoms with E-state index < -0.39 is 0 Å². The molecule has 0 radical (unpaired) electrons. The van der Waals surface area contributed by atoms with Gasteiger partial charge in [0.15, 0.2) is 0 Å². The second-order valence-electron chi connectivity index (χ2n) is 4.95. The number of aryl methyl sites for hydroxylation is 1. The van der Waals surface area contributed by atoms with Gasteiger partial charge in [-0.15, -0.1) is 0 Å². The lowest BCUT2D eigenvalue weighted by molar-refractivity contribution is 0.243. The standard InChI is InChI=1S/C15H23ClN2O/c1-3-12-11-15(19-2)14(16)10-13(12)4-7-18-8-5-17-6-9-18/h10-11,17H,3-9H2,1-2H3. The molecule has 0 aliphatic carbocycles. The number of rotatable bonds is 5. The van der Waals surface area contributed by atoms with Gasteiger partial charge in [-0.2, -0.15) is 0 Å². The minimum Gasteiger partial charge on any atom is -0.495 e. The number of benzene rings is 1. The van der Waals surface area contributed by atoms with Gasteiger partial charge in [0, 0.05) is 32.7 Å². The second-order valence-corrected chi connectivity index (χ2v) is 5.36. The van der Waals surface area contributed by atoms with Gasteiger partial charge in [-0.05, 0) is 36.1 Å². The Bertz CT molecular complexity index is 417. The number of nitrogens with one attached hydrogen (secondary N) is 1. The molecule has 3 nitrogen and oxygen atoms in total. The largest absolute Gasteiger partial charge is 0.495 e. The molecule has 2 rings (SSSR count). The van der Waals surface area contributed by atoms with E-state index in [1.165, 1.54) is 11.1 Å². The van der Waals surface area contributed by atoms with E-state index in [0.717, 1.165) is 56.3 Å². The minimum atomic E-state index is 0.718. The zero-order valence-electron chi connectivity index (χ0n) is 11.8. The van der Waals surface area contributed by atoms with E-state index in [1.807, 2.05) is 0 Å². The van der Waals surface area contributed by atoms with Crippen molar-refractivity contribution in [2.45, 2.75) is 19.8 Å². The van der Waals surface area contributed by atoms with Crippen molar-refractivity contribution in [2.75, 3.05) is 39.8 Å². The van der Waals surface area contributed by atoms with Crippen LogP contribution < -0.4 is 10.1 Å². The molecule has 1 heterocycles. The van der Waals surface area contributed by atoms with Crippen LogP contribution in [0.2, 0.25) is 5.02 Å². The Hall–Kier alpha value is -0.770. The van der Waals surface area contributed by atoms with Crippen LogP contribution in [0.15, 0.2) is 12.1 Å². The van der Waals surface area contributed by atoms with E-state index >= 15 is 0 Å². The molecule has 0 amide bonds. The number of ether oxygens (including phenoxy) is 1. The molecule has 1 aliphatic rings. The third-order valence-electron chi connectivity index (χ3n) is 3.76. The van der Waals surface area contributed by atoms with Crippen LogP contribution in [-0.4, -0.2) is 44.7 Å². The summed E-state index contributed by atoms with van der Waals surface area (Å²) in [5.41, 5.74) is 2.70. The van der Waals surface area contributed by atoms with Crippen molar-refractivity contribution in [2.24, 2.45) is 0 Å². The second kappa shape index (κ2) is 7.13. The van der Waals surface area contributed by atoms with E-state index in [9.17, 15) is 0 Å². The van der Waals surface area contributed by atoms with Crippen LogP contribution in [0.1, 0.15) is 18.1 Å². The normalized spacial score (nSPS) is 16.6. The van der Waals surface area contributed by atoms with E-state index in [4.69, 9.17) is 16.3 Å². The smallest absolute Gasteiger partial charge is 0.137 e. The van der Waals surface area contributed by atoms with Crippen molar-refractivity contribution in [1.82, 2.24) is 10.2 Å². The maximum absolute atomic E-state index is 6.23. The molecular weight excluding hydrogens is 260 g/mol. The van der Waals surface area contributed by atoms with Crippen LogP contribution in [0.25, 0.3) is 0 Å². The summed E-state index contributed by atoms with van der Waals surface area (Å²) in [4.78, 5) is 2.51. The first-order valence-corrected chi connectivity index (χ1v) is 7.40. The first-order chi connectivity index (χ1) is 9.24. The van der Waals surface area contributed by atoms with Crippen LogP contribution in [-0.2, 0) is 12.8 Å². The number of halogens is 1. The zero-order chi connectivity index (χ0) is 13.7. The predicted molar refractivity (Wildman–Crippen MR) is 80.4 cm³/mol. The first-order valence-electron chi connectivity index (χ1n) is 7.03. The van der Waals surface area contributed by atoms with Gasteiger partial charge < -0.3 is 15.0 Å². The lowest BCUT2D eigenvalue weighted by atomic mass is 10.0. The highest BCUT2D eigenvalue weighted by Crippen LogP contribution is 2.28. The molecule has 0 atom stereocenters. The fourth-order valence-corrected chi connectivity index (χ4v) is 2.83. The summed E-state index contributed by atoms with van der Waals surface area (Å²) < 4.78 is 5.29. The molecule has 4 heteroatoms. The zero-order valence-corrected chi connectivity index (χ0v) is 12.6. The van der Waals surface area contributed by atoms with Crippen LogP contribution >= 0.6 is 11.6 Å². The molecule has 1 fully saturated rings. The van der Waals surface area contributed by atoms with E-state index in [-0.39, 0.29) is 0 Å². The van der Waals surface area contributed by atoms with Crippen LogP contribution in [0.4, 0.5) is 0 Å². The van der Waals surface area contributed by atoms with Gasteiger partial charge in [-0.25, -0.2) is 0 Å². The first kappa shape index (κ1) is 14.6. The highest BCUT2D eigenvalue weighted by atomic mass is 35.5. The van der Waals surface area contributed by atoms with Crippen LogP contribution in [0, 0.1) is 0 Å². The highest BCUT2D eigenvalue weighted by molar-refractivity contribution is 6.32. The molecule has 1 aliphatic heterocycles. The maximum atomic E-state index is 6.23. The summed E-state index contributed by atoms with van der Waals surface area (Å²) >= 11 is 6.23. The van der Waals surface area contributed by atoms with E-state index in [1.54, 1.807) is 7.11 Å². The summed E-state index contributed by atoms with van der Waals surface area (Å²) in [5.74, 6) is 0.782. The Morgan fingerprint density at radius 2 is 2.00 bits per heavy atom. The van der Waals surface area contributed by atoms with Gasteiger partial charge in [0.1, 0.15) is 5.75 Å². The van der Waals surface area contributed by atoms with Crippen molar-refractivity contribution in [1.29, 1.82) is 0 Å².